The van der Waals surface area contributed by atoms with Gasteiger partial charge in [-0.2, -0.15) is 0 Å². The van der Waals surface area contributed by atoms with Crippen molar-refractivity contribution >= 4 is 20.5 Å². The van der Waals surface area contributed by atoms with E-state index in [1.54, 1.807) is 5.80 Å². The fraction of sp³-hybridized carbons (Fsp3) is 0.364. The van der Waals surface area contributed by atoms with Gasteiger partial charge in [-0.25, -0.2) is 0 Å². The lowest BCUT2D eigenvalue weighted by Gasteiger charge is -2.21. The van der Waals surface area contributed by atoms with Gasteiger partial charge in [-0.1, -0.05) is 56.3 Å². The number of ether oxygens (including phenoxy) is 1. The molecule has 0 aliphatic heterocycles. The Hall–Kier alpha value is -2.00. The lowest BCUT2D eigenvalue weighted by Crippen LogP contribution is -2.42. The summed E-state index contributed by atoms with van der Waals surface area (Å²) in [5.74, 6) is 3.08. The number of carbonyl (C=O) groups is 1. The Morgan fingerprint density at radius 2 is 1.74 bits per heavy atom. The van der Waals surface area contributed by atoms with Crippen LogP contribution in [-0.2, 0) is 17.8 Å². The Balaban J connectivity index is 1.90. The minimum absolute atomic E-state index is 0.0142. The average Bonchev–Trinajstić information content (AvgIpc) is 2.67. The molecule has 2 N–H and O–H groups in total. The van der Waals surface area contributed by atoms with Crippen molar-refractivity contribution in [2.24, 2.45) is 5.92 Å². The number of hydrogen-bond acceptors (Lipinski definition) is 4. The van der Waals surface area contributed by atoms with Crippen LogP contribution in [0.25, 0.3) is 0 Å². The van der Waals surface area contributed by atoms with Gasteiger partial charge in [0.2, 0.25) is 0 Å². The van der Waals surface area contributed by atoms with E-state index in [1.165, 1.54) is 0 Å². The van der Waals surface area contributed by atoms with Gasteiger partial charge in [0.05, 0.1) is 6.04 Å². The van der Waals surface area contributed by atoms with Crippen molar-refractivity contribution in [2.45, 2.75) is 45.4 Å². The summed E-state index contributed by atoms with van der Waals surface area (Å²) in [5.41, 5.74) is 2.19. The van der Waals surface area contributed by atoms with Crippen LogP contribution < -0.4 is 10.1 Å². The lowest BCUT2D eigenvalue weighted by atomic mass is 10.0. The molecule has 2 aromatic carbocycles. The van der Waals surface area contributed by atoms with E-state index in [4.69, 9.17) is 9.63 Å². The molecule has 0 heterocycles. The van der Waals surface area contributed by atoms with Gasteiger partial charge in [-0.3, -0.25) is 0 Å². The maximum absolute atomic E-state index is 11.5. The highest BCUT2D eigenvalue weighted by Gasteiger charge is 2.15. The van der Waals surface area contributed by atoms with E-state index in [9.17, 15) is 4.79 Å². The van der Waals surface area contributed by atoms with Gasteiger partial charge in [0, 0.05) is 14.5 Å². The van der Waals surface area contributed by atoms with Gasteiger partial charge in [0.25, 0.3) is 0 Å². The number of aldehydes is 1. The van der Waals surface area contributed by atoms with Crippen molar-refractivity contribution in [3.05, 3.63) is 65.7 Å². The van der Waals surface area contributed by atoms with Gasteiger partial charge in [0.1, 0.15) is 18.6 Å². The van der Waals surface area contributed by atoms with Crippen LogP contribution in [0.15, 0.2) is 54.6 Å². The van der Waals surface area contributed by atoms with Crippen LogP contribution in [0, 0.1) is 5.92 Å². The summed E-state index contributed by atoms with van der Waals surface area (Å²) in [7, 11) is 0.234. The van der Waals surface area contributed by atoms with E-state index >= 15 is 0 Å². The molecule has 0 amide bonds. The number of hydrogen-bond donors (Lipinski definition) is 2. The largest absolute Gasteiger partial charge is 0.489 e. The topological polar surface area (TPSA) is 58.6 Å². The first-order chi connectivity index (χ1) is 13.1. The third-order valence-electron chi connectivity index (χ3n) is 4.19. The van der Waals surface area contributed by atoms with Gasteiger partial charge in [-0.15, -0.1) is 0 Å². The van der Waals surface area contributed by atoms with E-state index in [0.29, 0.717) is 18.9 Å². The first-order valence-corrected chi connectivity index (χ1v) is 10.2. The molecule has 27 heavy (non-hydrogen) atoms. The van der Waals surface area contributed by atoms with E-state index in [-0.39, 0.29) is 20.5 Å². The number of rotatable bonds is 11. The smallest absolute Gasteiger partial charge is 0.137 e. The van der Waals surface area contributed by atoms with Crippen LogP contribution in [0.4, 0.5) is 0 Å². The molecule has 4 nitrogen and oxygen atoms in total. The second kappa shape index (κ2) is 11.7. The van der Waals surface area contributed by atoms with E-state index in [0.717, 1.165) is 29.6 Å². The summed E-state index contributed by atoms with van der Waals surface area (Å²) in [5, 5.41) is 3.32. The summed E-state index contributed by atoms with van der Waals surface area (Å²) in [6, 6.07) is 17.6. The SMILES string of the molecule is CC(C)CC(C=PO)NC(C=O)Cc1ccc(OCc2ccccc2)cc1. The highest BCUT2D eigenvalue weighted by Crippen LogP contribution is 2.15. The predicted molar refractivity (Wildman–Crippen MR) is 112 cm³/mol. The lowest BCUT2D eigenvalue weighted by molar-refractivity contribution is -0.109. The maximum Gasteiger partial charge on any atom is 0.137 e. The van der Waals surface area contributed by atoms with Gasteiger partial charge in [0.15, 0.2) is 0 Å². The fourth-order valence-corrected chi connectivity index (χ4v) is 3.27. The van der Waals surface area contributed by atoms with Crippen LogP contribution in [-0.4, -0.2) is 29.1 Å². The minimum Gasteiger partial charge on any atom is -0.489 e. The second-order valence-corrected chi connectivity index (χ2v) is 7.56. The Bertz CT molecular complexity index is 701. The average molecular weight is 385 g/mol. The number of benzene rings is 2. The highest BCUT2D eigenvalue weighted by atomic mass is 31.1. The zero-order valence-corrected chi connectivity index (χ0v) is 16.8. The fourth-order valence-electron chi connectivity index (χ4n) is 2.90. The first-order valence-electron chi connectivity index (χ1n) is 9.25. The zero-order chi connectivity index (χ0) is 19.5. The summed E-state index contributed by atoms with van der Waals surface area (Å²) >= 11 is 0. The molecule has 0 aliphatic carbocycles. The summed E-state index contributed by atoms with van der Waals surface area (Å²) in [6.45, 7) is 4.79. The molecule has 144 valence electrons. The van der Waals surface area contributed by atoms with Crippen molar-refractivity contribution < 1.29 is 14.4 Å². The van der Waals surface area contributed by atoms with Crippen molar-refractivity contribution in [3.63, 3.8) is 0 Å². The Morgan fingerprint density at radius 3 is 2.33 bits per heavy atom. The number of nitrogens with one attached hydrogen (secondary N) is 1. The maximum atomic E-state index is 11.5. The van der Waals surface area contributed by atoms with Gasteiger partial charge >= 0.3 is 0 Å². The third-order valence-corrected chi connectivity index (χ3v) is 4.68. The standard InChI is InChI=1S/C22H28NO3P/c1-17(2)12-21(16-27-25)23-20(14-24)13-18-8-10-22(11-9-18)26-15-19-6-4-3-5-7-19/h3-11,14,16-17,20-21,23,25H,12-13,15H2,1-2H3. The van der Waals surface area contributed by atoms with Crippen molar-refractivity contribution in [1.29, 1.82) is 0 Å². The van der Waals surface area contributed by atoms with Gasteiger partial charge < -0.3 is 19.7 Å². The molecule has 2 rings (SSSR count). The minimum atomic E-state index is -0.289. The monoisotopic (exact) mass is 385 g/mol. The molecule has 0 bridgehead atoms. The summed E-state index contributed by atoms with van der Waals surface area (Å²) in [6.07, 6.45) is 2.42. The van der Waals surface area contributed by atoms with Crippen molar-refractivity contribution in [1.82, 2.24) is 5.32 Å². The Kier molecular flexibility index (Phi) is 9.20. The van der Waals surface area contributed by atoms with E-state index in [2.05, 4.69) is 19.2 Å². The first kappa shape index (κ1) is 21.3. The molecule has 0 aliphatic rings. The van der Waals surface area contributed by atoms with Gasteiger partial charge in [-0.05, 0) is 47.8 Å². The quantitative estimate of drug-likeness (QED) is 0.453. The third kappa shape index (κ3) is 8.04. The zero-order valence-electron chi connectivity index (χ0n) is 15.9. The molecule has 0 spiro atoms. The molecule has 0 saturated heterocycles. The molecule has 0 saturated carbocycles. The molecule has 0 radical (unpaired) electrons. The van der Waals surface area contributed by atoms with E-state index < -0.39 is 0 Å². The summed E-state index contributed by atoms with van der Waals surface area (Å²) < 4.78 is 5.80. The van der Waals surface area contributed by atoms with Crippen molar-refractivity contribution in [2.75, 3.05) is 0 Å². The molecule has 0 aromatic heterocycles. The second-order valence-electron chi connectivity index (χ2n) is 7.03. The normalized spacial score (nSPS) is 13.6. The predicted octanol–water partition coefficient (Wildman–Crippen LogP) is 4.04. The molecular formula is C22H28NO3P. The highest BCUT2D eigenvalue weighted by molar-refractivity contribution is 7.32. The Labute approximate surface area is 163 Å². The summed E-state index contributed by atoms with van der Waals surface area (Å²) in [4.78, 5) is 20.7. The van der Waals surface area contributed by atoms with Crippen LogP contribution in [0.3, 0.4) is 0 Å². The van der Waals surface area contributed by atoms with Crippen LogP contribution in [0.1, 0.15) is 31.4 Å². The van der Waals surface area contributed by atoms with Crippen LogP contribution in [0.5, 0.6) is 5.75 Å². The molecule has 2 atom stereocenters. The van der Waals surface area contributed by atoms with E-state index in [1.807, 2.05) is 54.6 Å². The van der Waals surface area contributed by atoms with Crippen LogP contribution in [0.2, 0.25) is 0 Å². The molecule has 5 heteroatoms. The Morgan fingerprint density at radius 1 is 1.04 bits per heavy atom. The molecular weight excluding hydrogens is 357 g/mol. The van der Waals surface area contributed by atoms with Crippen LogP contribution >= 0.6 is 8.43 Å². The molecule has 2 unspecified atom stereocenters. The molecule has 2 aromatic rings. The number of carbonyl (C=O) groups excluding carboxylic acids is 1. The van der Waals surface area contributed by atoms with Crippen molar-refractivity contribution in [3.8, 4) is 5.75 Å². The molecule has 0 fully saturated rings.